The molecule has 1 amide bonds. The number of carboxylic acids is 1. The molecule has 5 heteroatoms. The summed E-state index contributed by atoms with van der Waals surface area (Å²) in [6, 6.07) is -0.132. The molecule has 1 heterocycles. The molecule has 0 aromatic heterocycles. The van der Waals surface area contributed by atoms with Gasteiger partial charge in [0.2, 0.25) is 0 Å². The maximum atomic E-state index is 11.8. The van der Waals surface area contributed by atoms with Crippen LogP contribution in [0.5, 0.6) is 0 Å². The third kappa shape index (κ3) is 1.86. The molecule has 1 N–H and O–H groups in total. The van der Waals surface area contributed by atoms with Crippen molar-refractivity contribution in [3.05, 3.63) is 0 Å². The minimum atomic E-state index is -0.803. The predicted molar refractivity (Wildman–Crippen MR) is 56.0 cm³/mol. The lowest BCUT2D eigenvalue weighted by Crippen LogP contribution is -2.38. The highest BCUT2D eigenvalue weighted by Crippen LogP contribution is 2.51. The lowest BCUT2D eigenvalue weighted by Gasteiger charge is -2.25. The van der Waals surface area contributed by atoms with Crippen LogP contribution < -0.4 is 0 Å². The van der Waals surface area contributed by atoms with Crippen molar-refractivity contribution in [2.45, 2.75) is 38.8 Å². The van der Waals surface area contributed by atoms with E-state index in [1.165, 1.54) is 0 Å². The Morgan fingerprint density at radius 1 is 1.38 bits per heavy atom. The second kappa shape index (κ2) is 3.37. The molecule has 2 fully saturated rings. The summed E-state index contributed by atoms with van der Waals surface area (Å²) < 4.78 is 5.24. The maximum absolute atomic E-state index is 11.8. The molecule has 0 aromatic carbocycles. The normalized spacial score (nSPS) is 32.2. The van der Waals surface area contributed by atoms with Gasteiger partial charge >= 0.3 is 12.1 Å². The van der Waals surface area contributed by atoms with Crippen LogP contribution in [0.4, 0.5) is 4.79 Å². The van der Waals surface area contributed by atoms with Gasteiger partial charge in [-0.3, -0.25) is 4.79 Å². The molecule has 0 radical (unpaired) electrons. The number of hydrogen-bond acceptors (Lipinski definition) is 3. The molecule has 0 bridgehead atoms. The van der Waals surface area contributed by atoms with Crippen molar-refractivity contribution in [2.75, 3.05) is 6.54 Å². The minimum absolute atomic E-state index is 0.132. The van der Waals surface area contributed by atoms with Gasteiger partial charge in [-0.2, -0.15) is 0 Å². The van der Waals surface area contributed by atoms with E-state index in [1.807, 2.05) is 0 Å². The van der Waals surface area contributed by atoms with E-state index in [9.17, 15) is 9.59 Å². The fourth-order valence-corrected chi connectivity index (χ4v) is 2.43. The molecular weight excluding hydrogens is 210 g/mol. The Hall–Kier alpha value is -1.26. The van der Waals surface area contributed by atoms with Crippen LogP contribution in [0.2, 0.25) is 0 Å². The average molecular weight is 227 g/mol. The highest BCUT2D eigenvalue weighted by molar-refractivity contribution is 5.79. The number of hydrogen-bond donors (Lipinski definition) is 1. The smallest absolute Gasteiger partial charge is 0.410 e. The Morgan fingerprint density at radius 2 is 2.00 bits per heavy atom. The van der Waals surface area contributed by atoms with Crippen LogP contribution >= 0.6 is 0 Å². The number of nitrogens with zero attached hydrogens (tertiary/aromatic N) is 1. The second-order valence-electron chi connectivity index (χ2n) is 5.48. The molecule has 2 aliphatic rings. The molecular formula is C11H17NO4. The molecule has 0 aromatic rings. The maximum Gasteiger partial charge on any atom is 0.410 e. The third-order valence-corrected chi connectivity index (χ3v) is 3.10. The summed E-state index contributed by atoms with van der Waals surface area (Å²) in [6.07, 6.45) is 0.393. The quantitative estimate of drug-likeness (QED) is 0.733. The first-order valence-corrected chi connectivity index (χ1v) is 5.54. The Labute approximate surface area is 94.4 Å². The number of carbonyl (C=O) groups is 2. The van der Waals surface area contributed by atoms with Crippen molar-refractivity contribution in [3.63, 3.8) is 0 Å². The van der Waals surface area contributed by atoms with Crippen LogP contribution in [0, 0.1) is 11.8 Å². The molecule has 1 aliphatic heterocycles. The number of rotatable bonds is 1. The standard InChI is InChI=1S/C11H17NO4/c1-11(2,3)16-10(15)12-5-4-6-7(8(6)12)9(13)14/h6-8H,4-5H2,1-3H3,(H,13,14)/t6-,7?,8+/m0/s1. The number of carboxylic acid groups (broad SMARTS) is 1. The van der Waals surface area contributed by atoms with Gasteiger partial charge in [0.05, 0.1) is 12.0 Å². The number of likely N-dealkylation sites (tertiary alicyclic amines) is 1. The fraction of sp³-hybridized carbons (Fsp3) is 0.818. The zero-order valence-electron chi connectivity index (χ0n) is 9.77. The van der Waals surface area contributed by atoms with Gasteiger partial charge < -0.3 is 14.7 Å². The fourth-order valence-electron chi connectivity index (χ4n) is 2.43. The highest BCUT2D eigenvalue weighted by Gasteiger charge is 2.63. The first kappa shape index (κ1) is 11.2. The number of aliphatic carboxylic acids is 1. The lowest BCUT2D eigenvalue weighted by atomic mass is 10.2. The van der Waals surface area contributed by atoms with Crippen LogP contribution in [0.1, 0.15) is 27.2 Å². The predicted octanol–water partition coefficient (Wildman–Crippen LogP) is 1.33. The number of piperidine rings is 1. The first-order valence-electron chi connectivity index (χ1n) is 5.54. The Kier molecular flexibility index (Phi) is 2.36. The van der Waals surface area contributed by atoms with Gasteiger partial charge in [0.25, 0.3) is 0 Å². The second-order valence-corrected chi connectivity index (χ2v) is 5.48. The van der Waals surface area contributed by atoms with Crippen molar-refractivity contribution in [2.24, 2.45) is 11.8 Å². The Balaban J connectivity index is 1.97. The third-order valence-electron chi connectivity index (χ3n) is 3.10. The van der Waals surface area contributed by atoms with E-state index < -0.39 is 11.6 Å². The summed E-state index contributed by atoms with van der Waals surface area (Å²) in [5.74, 6) is -1.03. The van der Waals surface area contributed by atoms with Crippen LogP contribution in [0.25, 0.3) is 0 Å². The molecule has 1 aliphatic carbocycles. The van der Waals surface area contributed by atoms with E-state index >= 15 is 0 Å². The number of amides is 1. The molecule has 1 saturated heterocycles. The van der Waals surface area contributed by atoms with Gasteiger partial charge in [0.1, 0.15) is 5.60 Å². The van der Waals surface area contributed by atoms with Gasteiger partial charge in [-0.05, 0) is 33.1 Å². The molecule has 2 rings (SSSR count). The van der Waals surface area contributed by atoms with Crippen molar-refractivity contribution in [1.82, 2.24) is 4.90 Å². The summed E-state index contributed by atoms with van der Waals surface area (Å²) in [6.45, 7) is 6.04. The van der Waals surface area contributed by atoms with Crippen molar-refractivity contribution >= 4 is 12.1 Å². The average Bonchev–Trinajstić information content (AvgIpc) is 2.64. The van der Waals surface area contributed by atoms with Gasteiger partial charge in [0, 0.05) is 6.54 Å². The summed E-state index contributed by atoms with van der Waals surface area (Å²) in [4.78, 5) is 24.2. The summed E-state index contributed by atoms with van der Waals surface area (Å²) >= 11 is 0. The number of ether oxygens (including phenoxy) is 1. The molecule has 1 unspecified atom stereocenters. The van der Waals surface area contributed by atoms with E-state index in [-0.39, 0.29) is 24.0 Å². The SMILES string of the molecule is CC(C)(C)OC(=O)N1CC[C@H]2C(C(=O)O)[C@@H]21. The molecule has 16 heavy (non-hydrogen) atoms. The minimum Gasteiger partial charge on any atom is -0.481 e. The monoisotopic (exact) mass is 227 g/mol. The zero-order valence-corrected chi connectivity index (χ0v) is 9.77. The van der Waals surface area contributed by atoms with Crippen LogP contribution in [0.15, 0.2) is 0 Å². The molecule has 90 valence electrons. The van der Waals surface area contributed by atoms with Gasteiger partial charge in [-0.25, -0.2) is 4.79 Å². The summed E-state index contributed by atoms with van der Waals surface area (Å²) in [5.41, 5.74) is -0.525. The summed E-state index contributed by atoms with van der Waals surface area (Å²) in [5, 5.41) is 8.91. The van der Waals surface area contributed by atoms with Gasteiger partial charge in [-0.15, -0.1) is 0 Å². The highest BCUT2D eigenvalue weighted by atomic mass is 16.6. The molecule has 3 atom stereocenters. The summed E-state index contributed by atoms with van der Waals surface area (Å²) in [7, 11) is 0. The molecule has 0 spiro atoms. The topological polar surface area (TPSA) is 66.8 Å². The Morgan fingerprint density at radius 3 is 2.44 bits per heavy atom. The van der Waals surface area contributed by atoms with Crippen molar-refractivity contribution < 1.29 is 19.4 Å². The molecule has 1 saturated carbocycles. The van der Waals surface area contributed by atoms with Crippen LogP contribution in [-0.2, 0) is 9.53 Å². The van der Waals surface area contributed by atoms with Crippen LogP contribution in [-0.4, -0.2) is 40.3 Å². The van der Waals surface area contributed by atoms with Crippen molar-refractivity contribution in [1.29, 1.82) is 0 Å². The first-order chi connectivity index (χ1) is 7.31. The number of carbonyl (C=O) groups excluding carboxylic acids is 1. The van der Waals surface area contributed by atoms with E-state index in [1.54, 1.807) is 25.7 Å². The van der Waals surface area contributed by atoms with E-state index in [0.717, 1.165) is 6.42 Å². The van der Waals surface area contributed by atoms with E-state index in [0.29, 0.717) is 6.54 Å². The van der Waals surface area contributed by atoms with E-state index in [2.05, 4.69) is 0 Å². The van der Waals surface area contributed by atoms with Crippen molar-refractivity contribution in [3.8, 4) is 0 Å². The lowest BCUT2D eigenvalue weighted by molar-refractivity contribution is -0.139. The van der Waals surface area contributed by atoms with Crippen LogP contribution in [0.3, 0.4) is 0 Å². The van der Waals surface area contributed by atoms with Gasteiger partial charge in [-0.1, -0.05) is 0 Å². The molecule has 5 nitrogen and oxygen atoms in total. The van der Waals surface area contributed by atoms with E-state index in [4.69, 9.17) is 9.84 Å². The largest absolute Gasteiger partial charge is 0.481 e. The zero-order chi connectivity index (χ0) is 12.1. The number of fused-ring (bicyclic) bond motifs is 1. The Bertz CT molecular complexity index is 333. The van der Waals surface area contributed by atoms with Gasteiger partial charge in [0.15, 0.2) is 0 Å².